The third-order valence-electron chi connectivity index (χ3n) is 4.39. The molecule has 28 heavy (non-hydrogen) atoms. The van der Waals surface area contributed by atoms with Crippen molar-refractivity contribution in [1.82, 2.24) is 9.78 Å². The zero-order chi connectivity index (χ0) is 19.7. The molecule has 3 aromatic carbocycles. The second-order valence-corrected chi connectivity index (χ2v) is 6.63. The molecule has 0 aliphatic heterocycles. The minimum atomic E-state index is -0.679. The zero-order valence-electron chi connectivity index (χ0n) is 14.9. The van der Waals surface area contributed by atoms with Crippen molar-refractivity contribution in [3.63, 3.8) is 0 Å². The fraction of sp³-hybridized carbons (Fsp3) is 0.0455. The number of aryl methyl sites for hydroxylation is 1. The van der Waals surface area contributed by atoms with E-state index in [2.05, 4.69) is 5.10 Å². The molecule has 0 amide bonds. The summed E-state index contributed by atoms with van der Waals surface area (Å²) in [5.41, 5.74) is 1.70. The van der Waals surface area contributed by atoms with Crippen LogP contribution in [0, 0.1) is 0 Å². The number of hydrogen-bond acceptors (Lipinski definition) is 4. The van der Waals surface area contributed by atoms with Gasteiger partial charge in [-0.2, -0.15) is 5.10 Å². The highest BCUT2D eigenvalue weighted by Crippen LogP contribution is 2.31. The van der Waals surface area contributed by atoms with Crippen LogP contribution in [-0.4, -0.2) is 15.7 Å². The predicted molar refractivity (Wildman–Crippen MR) is 109 cm³/mol. The summed E-state index contributed by atoms with van der Waals surface area (Å²) in [4.78, 5) is 25.0. The first-order valence-corrected chi connectivity index (χ1v) is 8.95. The van der Waals surface area contributed by atoms with Crippen LogP contribution in [0.4, 0.5) is 0 Å². The van der Waals surface area contributed by atoms with Crippen molar-refractivity contribution in [3.8, 4) is 16.9 Å². The lowest BCUT2D eigenvalue weighted by atomic mass is 10.1. The molecule has 1 heterocycles. The van der Waals surface area contributed by atoms with Crippen LogP contribution in [0.25, 0.3) is 21.9 Å². The molecule has 4 rings (SSSR count). The summed E-state index contributed by atoms with van der Waals surface area (Å²) in [6.45, 7) is 0. The molecule has 0 saturated heterocycles. The predicted octanol–water partition coefficient (Wildman–Crippen LogP) is 4.47. The number of nitrogens with zero attached hydrogens (tertiary/aromatic N) is 2. The van der Waals surface area contributed by atoms with E-state index in [9.17, 15) is 9.59 Å². The molecule has 0 atom stereocenters. The van der Waals surface area contributed by atoms with E-state index in [-0.39, 0.29) is 17.0 Å². The van der Waals surface area contributed by atoms with Crippen molar-refractivity contribution >= 4 is 28.3 Å². The van der Waals surface area contributed by atoms with E-state index < -0.39 is 5.97 Å². The van der Waals surface area contributed by atoms with Crippen LogP contribution in [-0.2, 0) is 7.05 Å². The van der Waals surface area contributed by atoms with Gasteiger partial charge in [-0.15, -0.1) is 0 Å². The number of halogens is 1. The lowest BCUT2D eigenvalue weighted by Crippen LogP contribution is -2.24. The van der Waals surface area contributed by atoms with Crippen molar-refractivity contribution in [2.75, 3.05) is 0 Å². The number of carbonyl (C=O) groups excluding carboxylic acids is 1. The Kier molecular flexibility index (Phi) is 4.67. The van der Waals surface area contributed by atoms with Crippen molar-refractivity contribution in [3.05, 3.63) is 93.9 Å². The van der Waals surface area contributed by atoms with Crippen LogP contribution in [0.15, 0.2) is 77.6 Å². The first-order chi connectivity index (χ1) is 13.5. The maximum Gasteiger partial charge on any atom is 0.364 e. The number of fused-ring (bicyclic) bond motifs is 1. The lowest BCUT2D eigenvalue weighted by molar-refractivity contribution is 0.0728. The Morgan fingerprint density at radius 1 is 0.929 bits per heavy atom. The van der Waals surface area contributed by atoms with E-state index in [4.69, 9.17) is 16.3 Å². The van der Waals surface area contributed by atoms with Crippen molar-refractivity contribution in [2.45, 2.75) is 0 Å². The molecule has 6 heteroatoms. The van der Waals surface area contributed by atoms with Crippen LogP contribution < -0.4 is 10.3 Å². The second kappa shape index (κ2) is 7.29. The largest absolute Gasteiger partial charge is 0.420 e. The molecule has 4 aromatic rings. The van der Waals surface area contributed by atoms with Gasteiger partial charge in [-0.05, 0) is 29.3 Å². The summed E-state index contributed by atoms with van der Waals surface area (Å²) in [7, 11) is 1.49. The Bertz CT molecular complexity index is 1250. The summed E-state index contributed by atoms with van der Waals surface area (Å²) in [5, 5.41) is 5.23. The van der Waals surface area contributed by atoms with Gasteiger partial charge in [-0.25, -0.2) is 9.48 Å². The smallest absolute Gasteiger partial charge is 0.364 e. The van der Waals surface area contributed by atoms with Crippen LogP contribution in [0.1, 0.15) is 10.5 Å². The van der Waals surface area contributed by atoms with E-state index in [0.29, 0.717) is 15.8 Å². The van der Waals surface area contributed by atoms with E-state index in [0.717, 1.165) is 15.8 Å². The summed E-state index contributed by atoms with van der Waals surface area (Å²) < 4.78 is 6.60. The van der Waals surface area contributed by atoms with Crippen molar-refractivity contribution < 1.29 is 9.53 Å². The summed E-state index contributed by atoms with van der Waals surface area (Å²) in [6, 6.07) is 21.8. The van der Waals surface area contributed by atoms with Gasteiger partial charge < -0.3 is 4.74 Å². The molecule has 0 aliphatic carbocycles. The highest BCUT2D eigenvalue weighted by Gasteiger charge is 2.19. The first kappa shape index (κ1) is 17.9. The maximum absolute atomic E-state index is 12.7. The summed E-state index contributed by atoms with van der Waals surface area (Å²) >= 11 is 6.33. The van der Waals surface area contributed by atoms with E-state index in [1.54, 1.807) is 36.4 Å². The highest BCUT2D eigenvalue weighted by molar-refractivity contribution is 6.32. The zero-order valence-corrected chi connectivity index (χ0v) is 15.7. The first-order valence-electron chi connectivity index (χ1n) is 8.58. The third kappa shape index (κ3) is 3.28. The monoisotopic (exact) mass is 390 g/mol. The summed E-state index contributed by atoms with van der Waals surface area (Å²) in [5.74, 6) is -0.452. The molecule has 0 saturated carbocycles. The average molecular weight is 391 g/mol. The van der Waals surface area contributed by atoms with E-state index >= 15 is 0 Å². The molecule has 0 bridgehead atoms. The molecule has 0 radical (unpaired) electrons. The number of rotatable bonds is 3. The quantitative estimate of drug-likeness (QED) is 0.382. The Morgan fingerprint density at radius 3 is 2.32 bits per heavy atom. The maximum atomic E-state index is 12.7. The van der Waals surface area contributed by atoms with Gasteiger partial charge in [0, 0.05) is 12.4 Å². The Morgan fingerprint density at radius 2 is 1.61 bits per heavy atom. The topological polar surface area (TPSA) is 61.2 Å². The van der Waals surface area contributed by atoms with Gasteiger partial charge in [0.2, 0.25) is 0 Å². The molecule has 0 unspecified atom stereocenters. The second-order valence-electron chi connectivity index (χ2n) is 6.22. The standard InChI is InChI=1S/C22H15ClN2O3/c1-25-21(26)17-10-6-5-9-16(17)20(24-25)22(27)28-19-12-11-15(13-18(19)23)14-7-3-2-4-8-14/h2-13H,1H3. The molecular formula is C22H15ClN2O3. The Labute approximate surface area is 165 Å². The normalized spacial score (nSPS) is 10.8. The number of carbonyl (C=O) groups is 1. The number of aromatic nitrogens is 2. The summed E-state index contributed by atoms with van der Waals surface area (Å²) in [6.07, 6.45) is 0. The molecule has 0 spiro atoms. The fourth-order valence-electron chi connectivity index (χ4n) is 2.99. The number of ether oxygens (including phenoxy) is 1. The Hall–Kier alpha value is -3.44. The number of hydrogen-bond donors (Lipinski definition) is 0. The number of benzene rings is 3. The van der Waals surface area contributed by atoms with E-state index in [1.165, 1.54) is 7.05 Å². The third-order valence-corrected chi connectivity index (χ3v) is 4.69. The van der Waals surface area contributed by atoms with E-state index in [1.807, 2.05) is 36.4 Å². The van der Waals surface area contributed by atoms with Gasteiger partial charge in [0.15, 0.2) is 5.69 Å². The molecule has 138 valence electrons. The van der Waals surface area contributed by atoms with Gasteiger partial charge in [-0.3, -0.25) is 4.79 Å². The molecule has 0 aliphatic rings. The van der Waals surface area contributed by atoms with Crippen LogP contribution in [0.3, 0.4) is 0 Å². The van der Waals surface area contributed by atoms with Crippen molar-refractivity contribution in [1.29, 1.82) is 0 Å². The molecule has 1 aromatic heterocycles. The number of esters is 1. The van der Waals surface area contributed by atoms with Crippen LogP contribution >= 0.6 is 11.6 Å². The average Bonchev–Trinajstić information content (AvgIpc) is 2.72. The Balaban J connectivity index is 1.69. The molecular weight excluding hydrogens is 376 g/mol. The minimum Gasteiger partial charge on any atom is -0.420 e. The highest BCUT2D eigenvalue weighted by atomic mass is 35.5. The van der Waals surface area contributed by atoms with Gasteiger partial charge in [-0.1, -0.05) is 66.2 Å². The molecule has 0 fully saturated rings. The fourth-order valence-corrected chi connectivity index (χ4v) is 3.21. The molecule has 0 N–H and O–H groups in total. The SMILES string of the molecule is Cn1nc(C(=O)Oc2ccc(-c3ccccc3)cc2Cl)c2ccccc2c1=O. The molecule has 5 nitrogen and oxygen atoms in total. The van der Waals surface area contributed by atoms with Crippen LogP contribution in [0.5, 0.6) is 5.75 Å². The van der Waals surface area contributed by atoms with Gasteiger partial charge in [0.25, 0.3) is 5.56 Å². The van der Waals surface area contributed by atoms with Crippen molar-refractivity contribution in [2.24, 2.45) is 7.05 Å². The van der Waals surface area contributed by atoms with Crippen LogP contribution in [0.2, 0.25) is 5.02 Å². The van der Waals surface area contributed by atoms with Gasteiger partial charge in [0.1, 0.15) is 5.75 Å². The minimum absolute atomic E-state index is 0.0564. The van der Waals surface area contributed by atoms with Gasteiger partial charge >= 0.3 is 5.97 Å². The van der Waals surface area contributed by atoms with Gasteiger partial charge in [0.05, 0.1) is 10.4 Å². The lowest BCUT2D eigenvalue weighted by Gasteiger charge is -2.10.